The van der Waals surface area contributed by atoms with E-state index in [2.05, 4.69) is 11.9 Å². The Balaban J connectivity index is 2.21. The number of aliphatic carboxylic acids is 1. The van der Waals surface area contributed by atoms with Crippen molar-refractivity contribution in [3.05, 3.63) is 0 Å². The predicted molar refractivity (Wildman–Crippen MR) is 64.7 cm³/mol. The van der Waals surface area contributed by atoms with Crippen LogP contribution in [0.25, 0.3) is 0 Å². The molecule has 17 heavy (non-hydrogen) atoms. The Bertz CT molecular complexity index is 273. The number of nitrogens with zero attached hydrogens (tertiary/aromatic N) is 2. The molecule has 1 N–H and O–H groups in total. The van der Waals surface area contributed by atoms with Gasteiger partial charge in [-0.25, -0.2) is 0 Å². The second-order valence-electron chi connectivity index (χ2n) is 4.92. The number of likely N-dealkylation sites (tertiary alicyclic amines) is 1. The zero-order valence-electron chi connectivity index (χ0n) is 10.7. The first-order valence-corrected chi connectivity index (χ1v) is 6.13. The summed E-state index contributed by atoms with van der Waals surface area (Å²) in [5.41, 5.74) is 0. The zero-order chi connectivity index (χ0) is 12.8. The Morgan fingerprint density at radius 1 is 1.35 bits per heavy atom. The summed E-state index contributed by atoms with van der Waals surface area (Å²) < 4.78 is 0. The molecule has 1 heterocycles. The lowest BCUT2D eigenvalue weighted by molar-refractivity contribution is -0.143. The van der Waals surface area contributed by atoms with Crippen LogP contribution < -0.4 is 0 Å². The molecule has 0 unspecified atom stereocenters. The lowest BCUT2D eigenvalue weighted by atomic mass is 9.94. The average molecular weight is 242 g/mol. The summed E-state index contributed by atoms with van der Waals surface area (Å²) in [4.78, 5) is 25.7. The van der Waals surface area contributed by atoms with Crippen LogP contribution in [0, 0.1) is 5.92 Å². The third kappa shape index (κ3) is 5.17. The molecular weight excluding hydrogens is 220 g/mol. The lowest BCUT2D eigenvalue weighted by Gasteiger charge is -2.30. The molecule has 1 aliphatic heterocycles. The van der Waals surface area contributed by atoms with E-state index < -0.39 is 12.4 Å². The standard InChI is InChI=1S/C12H22N2O3/c1-13-6-3-10(4-7-13)5-8-14(2)11(15)9-12(16)17/h10H,3-9H2,1-2H3,(H,16,17). The van der Waals surface area contributed by atoms with E-state index in [1.807, 2.05) is 0 Å². The molecule has 0 atom stereocenters. The normalized spacial score (nSPS) is 18.0. The Hall–Kier alpha value is -1.10. The molecule has 1 saturated heterocycles. The third-order valence-corrected chi connectivity index (χ3v) is 3.44. The van der Waals surface area contributed by atoms with E-state index in [0.29, 0.717) is 12.5 Å². The minimum absolute atomic E-state index is 0.301. The maximum Gasteiger partial charge on any atom is 0.312 e. The molecule has 1 amide bonds. The van der Waals surface area contributed by atoms with Crippen molar-refractivity contribution >= 4 is 11.9 Å². The number of carboxylic acid groups (broad SMARTS) is 1. The van der Waals surface area contributed by atoms with Crippen molar-refractivity contribution in [2.24, 2.45) is 5.92 Å². The van der Waals surface area contributed by atoms with E-state index in [1.165, 1.54) is 17.7 Å². The van der Waals surface area contributed by atoms with Gasteiger partial charge < -0.3 is 14.9 Å². The van der Waals surface area contributed by atoms with Crippen molar-refractivity contribution < 1.29 is 14.7 Å². The van der Waals surface area contributed by atoms with Crippen molar-refractivity contribution in [2.45, 2.75) is 25.7 Å². The number of hydrogen-bond donors (Lipinski definition) is 1. The van der Waals surface area contributed by atoms with Crippen molar-refractivity contribution in [1.82, 2.24) is 9.80 Å². The molecule has 0 aromatic heterocycles. The van der Waals surface area contributed by atoms with Gasteiger partial charge in [0.05, 0.1) is 0 Å². The molecule has 5 nitrogen and oxygen atoms in total. The number of amides is 1. The van der Waals surface area contributed by atoms with Crippen LogP contribution in [-0.2, 0) is 9.59 Å². The van der Waals surface area contributed by atoms with E-state index in [4.69, 9.17) is 5.11 Å². The van der Waals surface area contributed by atoms with Crippen LogP contribution in [0.1, 0.15) is 25.7 Å². The molecule has 1 rings (SSSR count). The summed E-state index contributed by atoms with van der Waals surface area (Å²) in [6.07, 6.45) is 2.94. The molecule has 5 heteroatoms. The van der Waals surface area contributed by atoms with Gasteiger partial charge in [-0.2, -0.15) is 0 Å². The Morgan fingerprint density at radius 3 is 2.47 bits per heavy atom. The smallest absolute Gasteiger partial charge is 0.312 e. The van der Waals surface area contributed by atoms with Gasteiger partial charge in [0.25, 0.3) is 0 Å². The Labute approximate surface area is 102 Å². The summed E-state index contributed by atoms with van der Waals surface area (Å²) in [5, 5.41) is 8.53. The van der Waals surface area contributed by atoms with Gasteiger partial charge in [0, 0.05) is 13.6 Å². The largest absolute Gasteiger partial charge is 0.481 e. The van der Waals surface area contributed by atoms with E-state index in [-0.39, 0.29) is 5.91 Å². The van der Waals surface area contributed by atoms with Crippen molar-refractivity contribution in [2.75, 3.05) is 33.7 Å². The van der Waals surface area contributed by atoms with Crippen LogP contribution in [0.4, 0.5) is 0 Å². The van der Waals surface area contributed by atoms with Crippen LogP contribution in [0.3, 0.4) is 0 Å². The highest BCUT2D eigenvalue weighted by Crippen LogP contribution is 2.19. The van der Waals surface area contributed by atoms with Gasteiger partial charge in [-0.3, -0.25) is 9.59 Å². The maximum absolute atomic E-state index is 11.4. The molecule has 0 aliphatic carbocycles. The number of hydrogen-bond acceptors (Lipinski definition) is 3. The van der Waals surface area contributed by atoms with Gasteiger partial charge in [0.1, 0.15) is 6.42 Å². The van der Waals surface area contributed by atoms with E-state index in [1.54, 1.807) is 7.05 Å². The fourth-order valence-electron chi connectivity index (χ4n) is 2.12. The minimum atomic E-state index is -1.05. The number of piperidine rings is 1. The van der Waals surface area contributed by atoms with Gasteiger partial charge in [0.15, 0.2) is 0 Å². The Morgan fingerprint density at radius 2 is 1.94 bits per heavy atom. The van der Waals surface area contributed by atoms with Gasteiger partial charge in [-0.1, -0.05) is 0 Å². The molecule has 0 aromatic rings. The summed E-state index contributed by atoms with van der Waals surface area (Å²) >= 11 is 0. The molecule has 0 radical (unpaired) electrons. The summed E-state index contributed by atoms with van der Waals surface area (Å²) in [6.45, 7) is 2.91. The molecule has 1 fully saturated rings. The van der Waals surface area contributed by atoms with Crippen LogP contribution >= 0.6 is 0 Å². The predicted octanol–water partition coefficient (Wildman–Crippen LogP) is 0.651. The van der Waals surface area contributed by atoms with Gasteiger partial charge in [0.2, 0.25) is 5.91 Å². The molecule has 0 aromatic carbocycles. The maximum atomic E-state index is 11.4. The highest BCUT2D eigenvalue weighted by Gasteiger charge is 2.18. The van der Waals surface area contributed by atoms with Gasteiger partial charge in [-0.15, -0.1) is 0 Å². The van der Waals surface area contributed by atoms with E-state index in [9.17, 15) is 9.59 Å². The first-order valence-electron chi connectivity index (χ1n) is 6.13. The van der Waals surface area contributed by atoms with Crippen molar-refractivity contribution in [3.8, 4) is 0 Å². The summed E-state index contributed by atoms with van der Waals surface area (Å²) in [6, 6.07) is 0. The van der Waals surface area contributed by atoms with Crippen LogP contribution in [0.2, 0.25) is 0 Å². The monoisotopic (exact) mass is 242 g/mol. The second kappa shape index (κ2) is 6.59. The van der Waals surface area contributed by atoms with Crippen LogP contribution in [0.15, 0.2) is 0 Å². The molecule has 98 valence electrons. The summed E-state index contributed by atoms with van der Waals surface area (Å²) in [5.74, 6) is -0.683. The van der Waals surface area contributed by atoms with Gasteiger partial charge >= 0.3 is 5.97 Å². The van der Waals surface area contributed by atoms with Crippen LogP contribution in [0.5, 0.6) is 0 Å². The third-order valence-electron chi connectivity index (χ3n) is 3.44. The fourth-order valence-corrected chi connectivity index (χ4v) is 2.12. The second-order valence-corrected chi connectivity index (χ2v) is 4.92. The topological polar surface area (TPSA) is 60.9 Å². The van der Waals surface area contributed by atoms with Crippen molar-refractivity contribution in [1.29, 1.82) is 0 Å². The van der Waals surface area contributed by atoms with Crippen LogP contribution in [-0.4, -0.2) is 60.5 Å². The molecular formula is C12H22N2O3. The minimum Gasteiger partial charge on any atom is -0.481 e. The summed E-state index contributed by atoms with van der Waals surface area (Å²) in [7, 11) is 3.80. The Kier molecular flexibility index (Phi) is 5.41. The number of rotatable bonds is 5. The number of carbonyl (C=O) groups is 2. The van der Waals surface area contributed by atoms with Crippen molar-refractivity contribution in [3.63, 3.8) is 0 Å². The number of carboxylic acids is 1. The van der Waals surface area contributed by atoms with E-state index in [0.717, 1.165) is 19.5 Å². The lowest BCUT2D eigenvalue weighted by Crippen LogP contribution is -2.34. The zero-order valence-corrected chi connectivity index (χ0v) is 10.7. The molecule has 0 bridgehead atoms. The first-order chi connectivity index (χ1) is 7.99. The quantitative estimate of drug-likeness (QED) is 0.719. The molecule has 0 saturated carbocycles. The van der Waals surface area contributed by atoms with E-state index >= 15 is 0 Å². The highest BCUT2D eigenvalue weighted by molar-refractivity contribution is 5.93. The fraction of sp³-hybridized carbons (Fsp3) is 0.833. The van der Waals surface area contributed by atoms with Gasteiger partial charge in [-0.05, 0) is 45.3 Å². The first kappa shape index (κ1) is 14.0. The molecule has 0 spiro atoms. The average Bonchev–Trinajstić information content (AvgIpc) is 2.27. The molecule has 1 aliphatic rings. The SMILES string of the molecule is CN1CCC(CCN(C)C(=O)CC(=O)O)CC1. The number of carbonyl (C=O) groups excluding carboxylic acids is 1. The highest BCUT2D eigenvalue weighted by atomic mass is 16.4.